The fourth-order valence-corrected chi connectivity index (χ4v) is 3.28. The van der Waals surface area contributed by atoms with Crippen molar-refractivity contribution in [3.05, 3.63) is 42.0 Å². The number of carbonyl (C=O) groups is 2. The zero-order chi connectivity index (χ0) is 22.0. The molecule has 0 aliphatic carbocycles. The summed E-state index contributed by atoms with van der Waals surface area (Å²) < 4.78 is 0. The zero-order valence-electron chi connectivity index (χ0n) is 18.7. The Balaban J connectivity index is 2.20. The fourth-order valence-electron chi connectivity index (χ4n) is 3.28. The Morgan fingerprint density at radius 3 is 2.07 bits per heavy atom. The van der Waals surface area contributed by atoms with E-state index in [1.807, 2.05) is 30.3 Å². The van der Waals surface area contributed by atoms with Crippen molar-refractivity contribution in [2.24, 2.45) is 0 Å². The van der Waals surface area contributed by atoms with Gasteiger partial charge in [0.05, 0.1) is 6.10 Å². The minimum atomic E-state index is -0.966. The molecule has 0 aliphatic heterocycles. The van der Waals surface area contributed by atoms with Crippen molar-refractivity contribution in [3.63, 3.8) is 0 Å². The molecule has 1 aromatic carbocycles. The third kappa shape index (κ3) is 12.4. The molecule has 3 N–H and O–H groups in total. The van der Waals surface area contributed by atoms with Crippen LogP contribution in [-0.2, 0) is 9.59 Å². The molecule has 1 aromatic rings. The molecule has 0 saturated heterocycles. The van der Waals surface area contributed by atoms with E-state index in [0.29, 0.717) is 6.54 Å². The van der Waals surface area contributed by atoms with Crippen LogP contribution >= 0.6 is 0 Å². The smallest absolute Gasteiger partial charge is 0.245 e. The van der Waals surface area contributed by atoms with Crippen LogP contribution in [0.15, 0.2) is 36.4 Å². The van der Waals surface area contributed by atoms with E-state index in [1.165, 1.54) is 64.4 Å². The number of benzene rings is 1. The van der Waals surface area contributed by atoms with Gasteiger partial charge in [0, 0.05) is 12.6 Å². The van der Waals surface area contributed by atoms with Gasteiger partial charge in [0.15, 0.2) is 0 Å². The van der Waals surface area contributed by atoms with Crippen molar-refractivity contribution >= 4 is 17.9 Å². The third-order valence-electron chi connectivity index (χ3n) is 5.12. The first kappa shape index (κ1) is 25.9. The van der Waals surface area contributed by atoms with Gasteiger partial charge in [0.2, 0.25) is 11.8 Å². The quantitative estimate of drug-likeness (QED) is 0.272. The van der Waals surface area contributed by atoms with Crippen molar-refractivity contribution in [2.45, 2.75) is 90.2 Å². The Kier molecular flexibility index (Phi) is 14.4. The third-order valence-corrected chi connectivity index (χ3v) is 5.12. The number of carbonyl (C=O) groups excluding carboxylic acids is 2. The van der Waals surface area contributed by atoms with E-state index >= 15 is 0 Å². The first-order chi connectivity index (χ1) is 14.5. The number of aliphatic hydroxyl groups excluding tert-OH is 1. The van der Waals surface area contributed by atoms with Gasteiger partial charge in [-0.25, -0.2) is 0 Å². The number of hydrogen-bond acceptors (Lipinski definition) is 3. The lowest BCUT2D eigenvalue weighted by Crippen LogP contribution is -2.52. The number of hydrogen-bond donors (Lipinski definition) is 3. The van der Waals surface area contributed by atoms with E-state index in [0.717, 1.165) is 18.4 Å². The second-order valence-corrected chi connectivity index (χ2v) is 7.94. The Morgan fingerprint density at radius 2 is 1.50 bits per heavy atom. The fraction of sp³-hybridized carbons (Fsp3) is 0.600. The lowest BCUT2D eigenvalue weighted by Gasteiger charge is -2.20. The van der Waals surface area contributed by atoms with E-state index in [4.69, 9.17) is 0 Å². The van der Waals surface area contributed by atoms with Crippen molar-refractivity contribution in [3.8, 4) is 0 Å². The van der Waals surface area contributed by atoms with Crippen molar-refractivity contribution in [2.75, 3.05) is 6.54 Å². The van der Waals surface area contributed by atoms with Gasteiger partial charge in [-0.05, 0) is 25.0 Å². The molecule has 5 heteroatoms. The number of nitrogens with one attached hydrogen (secondary N) is 2. The second-order valence-electron chi connectivity index (χ2n) is 7.94. The van der Waals surface area contributed by atoms with E-state index in [-0.39, 0.29) is 5.91 Å². The standard InChI is InChI=1S/C25H40N2O3/c1-3-4-5-6-7-8-9-10-11-15-20-26-25(30)24(21(2)28)27-23(29)19-18-22-16-13-12-14-17-22/h12-14,16-19,21,24,28H,3-11,15,20H2,1-2H3,(H,26,30)(H,27,29). The summed E-state index contributed by atoms with van der Waals surface area (Å²) in [6.07, 6.45) is 14.5. The van der Waals surface area contributed by atoms with Crippen LogP contribution in [0.4, 0.5) is 0 Å². The molecule has 0 saturated carbocycles. The molecule has 0 bridgehead atoms. The molecular formula is C25H40N2O3. The summed E-state index contributed by atoms with van der Waals surface area (Å²) in [6, 6.07) is 8.49. The first-order valence-corrected chi connectivity index (χ1v) is 11.5. The predicted molar refractivity (Wildman–Crippen MR) is 124 cm³/mol. The topological polar surface area (TPSA) is 78.4 Å². The molecule has 2 atom stereocenters. The van der Waals surface area contributed by atoms with E-state index < -0.39 is 18.1 Å². The lowest BCUT2D eigenvalue weighted by molar-refractivity contribution is -0.129. The van der Waals surface area contributed by atoms with Crippen LogP contribution in [0.2, 0.25) is 0 Å². The molecule has 0 heterocycles. The second kappa shape index (κ2) is 16.6. The zero-order valence-corrected chi connectivity index (χ0v) is 18.7. The Labute approximate surface area is 182 Å². The maximum atomic E-state index is 12.3. The van der Waals surface area contributed by atoms with Crippen LogP contribution in [0.3, 0.4) is 0 Å². The average Bonchev–Trinajstić information content (AvgIpc) is 2.74. The van der Waals surface area contributed by atoms with Crippen LogP contribution < -0.4 is 10.6 Å². The van der Waals surface area contributed by atoms with Crippen LogP contribution in [0.5, 0.6) is 0 Å². The maximum Gasteiger partial charge on any atom is 0.245 e. The summed E-state index contributed by atoms with van der Waals surface area (Å²) in [6.45, 7) is 4.31. The van der Waals surface area contributed by atoms with E-state index in [9.17, 15) is 14.7 Å². The highest BCUT2D eigenvalue weighted by molar-refractivity contribution is 5.95. The van der Waals surface area contributed by atoms with Crippen molar-refractivity contribution < 1.29 is 14.7 Å². The summed E-state index contributed by atoms with van der Waals surface area (Å²) in [4.78, 5) is 24.5. The number of aliphatic hydroxyl groups is 1. The molecule has 0 aliphatic rings. The van der Waals surface area contributed by atoms with Crippen molar-refractivity contribution in [1.82, 2.24) is 10.6 Å². The lowest BCUT2D eigenvalue weighted by atomic mass is 10.1. The predicted octanol–water partition coefficient (Wildman–Crippen LogP) is 4.60. The number of amides is 2. The van der Waals surface area contributed by atoms with Gasteiger partial charge < -0.3 is 15.7 Å². The van der Waals surface area contributed by atoms with Crippen LogP contribution in [0, 0.1) is 0 Å². The maximum absolute atomic E-state index is 12.3. The van der Waals surface area contributed by atoms with Gasteiger partial charge in [0.25, 0.3) is 0 Å². The van der Waals surface area contributed by atoms with Crippen LogP contribution in [0.25, 0.3) is 6.08 Å². The summed E-state index contributed by atoms with van der Waals surface area (Å²) in [5, 5.41) is 15.3. The molecule has 2 amide bonds. The van der Waals surface area contributed by atoms with Crippen LogP contribution in [0.1, 0.15) is 83.6 Å². The molecule has 0 fully saturated rings. The Hall–Kier alpha value is -2.14. The molecule has 0 spiro atoms. The molecule has 0 aromatic heterocycles. The van der Waals surface area contributed by atoms with Gasteiger partial charge in [-0.1, -0.05) is 95.0 Å². The van der Waals surface area contributed by atoms with Crippen molar-refractivity contribution in [1.29, 1.82) is 0 Å². The van der Waals surface area contributed by atoms with Crippen LogP contribution in [-0.4, -0.2) is 35.6 Å². The molecule has 30 heavy (non-hydrogen) atoms. The monoisotopic (exact) mass is 416 g/mol. The number of rotatable bonds is 16. The molecule has 5 nitrogen and oxygen atoms in total. The number of unbranched alkanes of at least 4 members (excludes halogenated alkanes) is 9. The highest BCUT2D eigenvalue weighted by Gasteiger charge is 2.24. The van der Waals surface area contributed by atoms with E-state index in [2.05, 4.69) is 17.6 Å². The summed E-state index contributed by atoms with van der Waals surface area (Å²) in [7, 11) is 0. The molecule has 2 unspecified atom stereocenters. The summed E-state index contributed by atoms with van der Waals surface area (Å²) >= 11 is 0. The van der Waals surface area contributed by atoms with Gasteiger partial charge in [-0.2, -0.15) is 0 Å². The van der Waals surface area contributed by atoms with Gasteiger partial charge in [-0.3, -0.25) is 9.59 Å². The largest absolute Gasteiger partial charge is 0.391 e. The van der Waals surface area contributed by atoms with Gasteiger partial charge in [0.1, 0.15) is 6.04 Å². The molecular weight excluding hydrogens is 376 g/mol. The normalized spacial score (nSPS) is 13.2. The summed E-state index contributed by atoms with van der Waals surface area (Å²) in [5.41, 5.74) is 0.895. The van der Waals surface area contributed by atoms with Gasteiger partial charge >= 0.3 is 0 Å². The van der Waals surface area contributed by atoms with E-state index in [1.54, 1.807) is 6.08 Å². The summed E-state index contributed by atoms with van der Waals surface area (Å²) in [5.74, 6) is -0.749. The van der Waals surface area contributed by atoms with Gasteiger partial charge in [-0.15, -0.1) is 0 Å². The molecule has 0 radical (unpaired) electrons. The Morgan fingerprint density at radius 1 is 0.933 bits per heavy atom. The highest BCUT2D eigenvalue weighted by Crippen LogP contribution is 2.10. The first-order valence-electron chi connectivity index (χ1n) is 11.5. The molecule has 1 rings (SSSR count). The minimum Gasteiger partial charge on any atom is -0.391 e. The molecule has 168 valence electrons. The SMILES string of the molecule is CCCCCCCCCCCCNC(=O)C(NC(=O)C=Cc1ccccc1)C(C)O. The average molecular weight is 417 g/mol. The minimum absolute atomic E-state index is 0.345. The Bertz CT molecular complexity index is 614. The highest BCUT2D eigenvalue weighted by atomic mass is 16.3.